The summed E-state index contributed by atoms with van der Waals surface area (Å²) in [7, 11) is 1.57. The van der Waals surface area contributed by atoms with Crippen LogP contribution >= 0.6 is 0 Å². The Kier molecular flexibility index (Phi) is 4.79. The van der Waals surface area contributed by atoms with Gasteiger partial charge in [0.05, 0.1) is 0 Å². The van der Waals surface area contributed by atoms with Gasteiger partial charge in [0.2, 0.25) is 5.91 Å². The molecule has 0 unspecified atom stereocenters. The summed E-state index contributed by atoms with van der Waals surface area (Å²) < 4.78 is 0. The summed E-state index contributed by atoms with van der Waals surface area (Å²) in [6.45, 7) is 5.91. The van der Waals surface area contributed by atoms with Crippen LogP contribution in [0.1, 0.15) is 47.4 Å². The smallest absolute Gasteiger partial charge is 0.220 e. The van der Waals surface area contributed by atoms with E-state index < -0.39 is 5.92 Å². The zero-order valence-corrected chi connectivity index (χ0v) is 13.7. The summed E-state index contributed by atoms with van der Waals surface area (Å²) in [6.07, 6.45) is 0.847. The average molecular weight is 301 g/mol. The Balaban J connectivity index is 2.27. The van der Waals surface area contributed by atoms with E-state index in [4.69, 9.17) is 0 Å². The molecule has 1 aromatic carbocycles. The molecule has 0 saturated heterocycles. The number of Topliss-reactive ketones (excluding diaryl/α,β-unsaturated/α-hetero) is 2. The maximum Gasteiger partial charge on any atom is 0.220 e. The highest BCUT2D eigenvalue weighted by Crippen LogP contribution is 2.35. The molecule has 4 nitrogen and oxygen atoms in total. The second-order valence-electron chi connectivity index (χ2n) is 6.33. The highest BCUT2D eigenvalue weighted by molar-refractivity contribution is 6.10. The number of carbonyl (C=O) groups is 3. The largest absolute Gasteiger partial charge is 0.359 e. The van der Waals surface area contributed by atoms with Crippen molar-refractivity contribution in [1.82, 2.24) is 5.32 Å². The zero-order valence-electron chi connectivity index (χ0n) is 13.7. The van der Waals surface area contributed by atoms with Gasteiger partial charge >= 0.3 is 0 Å². The number of hydrogen-bond donors (Lipinski definition) is 1. The van der Waals surface area contributed by atoms with Crippen molar-refractivity contribution in [3.63, 3.8) is 0 Å². The number of carbonyl (C=O) groups excluding carboxylic acids is 3. The molecule has 0 radical (unpaired) electrons. The van der Waals surface area contributed by atoms with Crippen LogP contribution in [0.2, 0.25) is 0 Å². The van der Waals surface area contributed by atoms with E-state index in [1.807, 2.05) is 32.9 Å². The van der Waals surface area contributed by atoms with Crippen LogP contribution in [0.15, 0.2) is 12.1 Å². The number of amides is 1. The van der Waals surface area contributed by atoms with Gasteiger partial charge in [0.15, 0.2) is 0 Å². The molecule has 22 heavy (non-hydrogen) atoms. The standard InChI is InChI=1S/C18H23NO3/c1-10-5-11(2)17(12(3)6-10)18-14(20)7-13(8-15(18)21)9-16(22)19-4/h5-6,13,18H,7-9H2,1-4H3,(H,19,22). The fourth-order valence-corrected chi connectivity index (χ4v) is 3.53. The number of nitrogens with one attached hydrogen (secondary N) is 1. The molecule has 0 spiro atoms. The topological polar surface area (TPSA) is 63.2 Å². The van der Waals surface area contributed by atoms with E-state index in [0.717, 1.165) is 22.3 Å². The van der Waals surface area contributed by atoms with Crippen molar-refractivity contribution in [3.05, 3.63) is 34.4 Å². The molecular weight excluding hydrogens is 278 g/mol. The van der Waals surface area contributed by atoms with Gasteiger partial charge in [0.1, 0.15) is 17.5 Å². The Hall–Kier alpha value is -1.97. The van der Waals surface area contributed by atoms with Gasteiger partial charge in [-0.15, -0.1) is 0 Å². The lowest BCUT2D eigenvalue weighted by molar-refractivity contribution is -0.134. The average Bonchev–Trinajstić information content (AvgIpc) is 2.40. The van der Waals surface area contributed by atoms with Gasteiger partial charge in [-0.1, -0.05) is 17.7 Å². The van der Waals surface area contributed by atoms with Gasteiger partial charge in [-0.05, 0) is 43.4 Å². The van der Waals surface area contributed by atoms with Crippen molar-refractivity contribution in [2.75, 3.05) is 7.05 Å². The molecule has 2 rings (SSSR count). The monoisotopic (exact) mass is 301 g/mol. The summed E-state index contributed by atoms with van der Waals surface area (Å²) in [6, 6.07) is 4.03. The number of benzene rings is 1. The lowest BCUT2D eigenvalue weighted by Crippen LogP contribution is -2.34. The fourth-order valence-electron chi connectivity index (χ4n) is 3.53. The Bertz CT molecular complexity index is 592. The van der Waals surface area contributed by atoms with Crippen molar-refractivity contribution in [3.8, 4) is 0 Å². The third-order valence-electron chi connectivity index (χ3n) is 4.40. The molecule has 0 atom stereocenters. The molecule has 1 amide bonds. The van der Waals surface area contributed by atoms with E-state index in [-0.39, 0.29) is 29.8 Å². The van der Waals surface area contributed by atoms with Crippen LogP contribution in [0.5, 0.6) is 0 Å². The maximum atomic E-state index is 12.5. The molecule has 0 heterocycles. The van der Waals surface area contributed by atoms with Crippen molar-refractivity contribution in [2.24, 2.45) is 5.92 Å². The molecule has 1 saturated carbocycles. The Morgan fingerprint density at radius 3 is 2.05 bits per heavy atom. The summed E-state index contributed by atoms with van der Waals surface area (Å²) in [5.74, 6) is -1.05. The molecule has 0 aliphatic heterocycles. The summed E-state index contributed by atoms with van der Waals surface area (Å²) in [4.78, 5) is 36.5. The first-order chi connectivity index (χ1) is 10.3. The zero-order chi connectivity index (χ0) is 16.4. The van der Waals surface area contributed by atoms with Crippen molar-refractivity contribution < 1.29 is 14.4 Å². The van der Waals surface area contributed by atoms with E-state index in [0.29, 0.717) is 12.8 Å². The highest BCUT2D eigenvalue weighted by Gasteiger charge is 2.38. The molecule has 1 fully saturated rings. The number of ketones is 2. The molecule has 1 aromatic rings. The van der Waals surface area contributed by atoms with Crippen LogP contribution in [0, 0.1) is 26.7 Å². The third-order valence-corrected chi connectivity index (χ3v) is 4.40. The van der Waals surface area contributed by atoms with Gasteiger partial charge in [-0.25, -0.2) is 0 Å². The van der Waals surface area contributed by atoms with Gasteiger partial charge in [0, 0.05) is 26.3 Å². The van der Waals surface area contributed by atoms with Gasteiger partial charge < -0.3 is 5.32 Å². The van der Waals surface area contributed by atoms with Gasteiger partial charge in [-0.2, -0.15) is 0 Å². The molecule has 1 aliphatic carbocycles. The first-order valence-corrected chi connectivity index (χ1v) is 7.67. The fraction of sp³-hybridized carbons (Fsp3) is 0.500. The molecule has 4 heteroatoms. The minimum atomic E-state index is -0.651. The van der Waals surface area contributed by atoms with Crippen LogP contribution in [-0.4, -0.2) is 24.5 Å². The Morgan fingerprint density at radius 2 is 1.59 bits per heavy atom. The molecule has 0 aromatic heterocycles. The van der Waals surface area contributed by atoms with E-state index in [9.17, 15) is 14.4 Å². The van der Waals surface area contributed by atoms with E-state index >= 15 is 0 Å². The van der Waals surface area contributed by atoms with E-state index in [1.54, 1.807) is 7.05 Å². The predicted octanol–water partition coefficient (Wildman–Crippen LogP) is 2.38. The van der Waals surface area contributed by atoms with Crippen LogP contribution in [-0.2, 0) is 14.4 Å². The van der Waals surface area contributed by atoms with Crippen LogP contribution < -0.4 is 5.32 Å². The Morgan fingerprint density at radius 1 is 1.09 bits per heavy atom. The Labute approximate surface area is 131 Å². The van der Waals surface area contributed by atoms with Crippen molar-refractivity contribution in [1.29, 1.82) is 0 Å². The number of aryl methyl sites for hydroxylation is 3. The van der Waals surface area contributed by atoms with Crippen LogP contribution in [0.25, 0.3) is 0 Å². The van der Waals surface area contributed by atoms with Crippen molar-refractivity contribution in [2.45, 2.75) is 46.0 Å². The minimum Gasteiger partial charge on any atom is -0.359 e. The normalized spacial score (nSPS) is 21.8. The van der Waals surface area contributed by atoms with Crippen molar-refractivity contribution >= 4 is 17.5 Å². The second kappa shape index (κ2) is 6.42. The minimum absolute atomic E-state index is 0.0554. The maximum absolute atomic E-state index is 12.5. The SMILES string of the molecule is CNC(=O)CC1CC(=O)C(c2c(C)cc(C)cc2C)C(=O)C1. The summed E-state index contributed by atoms with van der Waals surface area (Å²) in [5.41, 5.74) is 3.98. The summed E-state index contributed by atoms with van der Waals surface area (Å²) in [5, 5.41) is 2.55. The second-order valence-corrected chi connectivity index (χ2v) is 6.33. The predicted molar refractivity (Wildman–Crippen MR) is 84.8 cm³/mol. The van der Waals surface area contributed by atoms with E-state index in [1.165, 1.54) is 0 Å². The van der Waals surface area contributed by atoms with Gasteiger partial charge in [0.25, 0.3) is 0 Å². The third kappa shape index (κ3) is 3.26. The van der Waals surface area contributed by atoms with E-state index in [2.05, 4.69) is 5.32 Å². The van der Waals surface area contributed by atoms with Crippen LogP contribution in [0.3, 0.4) is 0 Å². The van der Waals surface area contributed by atoms with Gasteiger partial charge in [-0.3, -0.25) is 14.4 Å². The number of rotatable bonds is 3. The van der Waals surface area contributed by atoms with Crippen LogP contribution in [0.4, 0.5) is 0 Å². The lowest BCUT2D eigenvalue weighted by atomic mass is 9.73. The lowest BCUT2D eigenvalue weighted by Gasteiger charge is -2.28. The highest BCUT2D eigenvalue weighted by atomic mass is 16.2. The number of hydrogen-bond acceptors (Lipinski definition) is 3. The first-order valence-electron chi connectivity index (χ1n) is 7.67. The molecule has 1 N–H and O–H groups in total. The summed E-state index contributed by atoms with van der Waals surface area (Å²) >= 11 is 0. The molecular formula is C18H23NO3. The quantitative estimate of drug-likeness (QED) is 0.872. The molecule has 0 bridgehead atoms. The molecule has 118 valence electrons. The molecule has 1 aliphatic rings. The first kappa shape index (κ1) is 16.4.